The summed E-state index contributed by atoms with van der Waals surface area (Å²) in [6.07, 6.45) is 2.52. The lowest BCUT2D eigenvalue weighted by atomic mass is 10.00. The normalized spacial score (nSPS) is 14.7. The minimum Gasteiger partial charge on any atom is -0.338 e. The van der Waals surface area contributed by atoms with Gasteiger partial charge in [-0.25, -0.2) is 8.42 Å². The van der Waals surface area contributed by atoms with Gasteiger partial charge in [-0.15, -0.1) is 0 Å². The van der Waals surface area contributed by atoms with Gasteiger partial charge in [-0.1, -0.05) is 62.7 Å². The zero-order valence-electron chi connectivity index (χ0n) is 24.2. The fraction of sp³-hybridized carbons (Fsp3) is 0.548. The maximum atomic E-state index is 13.9. The number of aryl methyl sites for hydroxylation is 2. The van der Waals surface area contributed by atoms with E-state index < -0.39 is 10.0 Å². The highest BCUT2D eigenvalue weighted by atomic mass is 32.2. The first-order valence-corrected chi connectivity index (χ1v) is 15.8. The molecule has 214 valence electrons. The summed E-state index contributed by atoms with van der Waals surface area (Å²) in [5, 5.41) is 0. The Hall–Kier alpha value is -2.71. The fourth-order valence-electron chi connectivity index (χ4n) is 5.00. The average Bonchev–Trinajstić information content (AvgIpc) is 2.90. The van der Waals surface area contributed by atoms with Gasteiger partial charge in [-0.2, -0.15) is 4.31 Å². The van der Waals surface area contributed by atoms with Crippen LogP contribution in [-0.4, -0.2) is 72.3 Å². The molecule has 1 fully saturated rings. The molecule has 0 N–H and O–H groups in total. The lowest BCUT2D eigenvalue weighted by Crippen LogP contribution is -2.51. The van der Waals surface area contributed by atoms with E-state index in [0.717, 1.165) is 16.7 Å². The Kier molecular flexibility index (Phi) is 11.1. The lowest BCUT2D eigenvalue weighted by Gasteiger charge is -2.39. The number of hydrogen-bond donors (Lipinski definition) is 0. The molecule has 8 heteroatoms. The molecule has 0 bridgehead atoms. The second-order valence-corrected chi connectivity index (χ2v) is 13.3. The van der Waals surface area contributed by atoms with Crippen LogP contribution in [0.4, 0.5) is 0 Å². The van der Waals surface area contributed by atoms with E-state index in [2.05, 4.69) is 13.8 Å². The number of hydrogen-bond acceptors (Lipinski definition) is 4. The van der Waals surface area contributed by atoms with Crippen molar-refractivity contribution in [2.45, 2.75) is 72.9 Å². The van der Waals surface area contributed by atoms with E-state index >= 15 is 0 Å². The zero-order chi connectivity index (χ0) is 28.6. The lowest BCUT2D eigenvalue weighted by molar-refractivity contribution is -0.135. The Labute approximate surface area is 235 Å². The van der Waals surface area contributed by atoms with E-state index in [-0.39, 0.29) is 30.2 Å². The third-order valence-corrected chi connectivity index (χ3v) is 9.56. The second kappa shape index (κ2) is 14.1. The molecule has 1 aliphatic heterocycles. The molecule has 1 heterocycles. The summed E-state index contributed by atoms with van der Waals surface area (Å²) in [5.74, 6) is 0.203. The molecular formula is C31H45N3O4S. The Bertz CT molecular complexity index is 1200. The summed E-state index contributed by atoms with van der Waals surface area (Å²) >= 11 is 0. The summed E-state index contributed by atoms with van der Waals surface area (Å²) in [6.45, 7) is 11.7. The van der Waals surface area contributed by atoms with Gasteiger partial charge in [0.05, 0.1) is 12.3 Å². The minimum absolute atomic E-state index is 0.00995. The molecule has 0 spiro atoms. The van der Waals surface area contributed by atoms with Gasteiger partial charge in [-0.3, -0.25) is 9.59 Å². The molecule has 0 aliphatic carbocycles. The Balaban J connectivity index is 1.79. The standard InChI is InChI=1S/C31H45N3O4S/c1-6-21-39(37,38)33(20-15-24(2)3)23-30(35)34(22-28-10-8-7-9-26(28)5)29-16-18-32(19-17-29)31(36)27-13-11-25(4)12-14-27/h7-14,24,29H,6,15-23H2,1-5H3. The third-order valence-electron chi connectivity index (χ3n) is 7.54. The van der Waals surface area contributed by atoms with Gasteiger partial charge in [0, 0.05) is 37.8 Å². The molecule has 1 aliphatic rings. The Morgan fingerprint density at radius 3 is 2.23 bits per heavy atom. The summed E-state index contributed by atoms with van der Waals surface area (Å²) in [4.78, 5) is 30.7. The molecule has 0 saturated carbocycles. The first kappa shape index (κ1) is 30.8. The van der Waals surface area contributed by atoms with Crippen molar-refractivity contribution in [2.75, 3.05) is 31.9 Å². The highest BCUT2D eigenvalue weighted by Crippen LogP contribution is 2.23. The van der Waals surface area contributed by atoms with Crippen LogP contribution in [0.1, 0.15) is 73.5 Å². The average molecular weight is 556 g/mol. The number of nitrogens with zero attached hydrogens (tertiary/aromatic N) is 3. The molecule has 2 amide bonds. The summed E-state index contributed by atoms with van der Waals surface area (Å²) < 4.78 is 27.5. The van der Waals surface area contributed by atoms with E-state index in [1.807, 2.05) is 79.1 Å². The van der Waals surface area contributed by atoms with E-state index in [9.17, 15) is 18.0 Å². The quantitative estimate of drug-likeness (QED) is 0.368. The Morgan fingerprint density at radius 1 is 1.00 bits per heavy atom. The summed E-state index contributed by atoms with van der Waals surface area (Å²) in [5.41, 5.74) is 3.93. The van der Waals surface area contributed by atoms with Gasteiger partial charge in [-0.05, 0) is 68.7 Å². The molecule has 39 heavy (non-hydrogen) atoms. The van der Waals surface area contributed by atoms with E-state index in [4.69, 9.17) is 0 Å². The van der Waals surface area contributed by atoms with Crippen molar-refractivity contribution in [1.29, 1.82) is 0 Å². The minimum atomic E-state index is -3.53. The molecule has 0 radical (unpaired) electrons. The second-order valence-electron chi connectivity index (χ2n) is 11.2. The number of amides is 2. The van der Waals surface area contributed by atoms with Gasteiger partial charge in [0.1, 0.15) is 0 Å². The number of carbonyl (C=O) groups is 2. The number of rotatable bonds is 12. The molecule has 1 saturated heterocycles. The van der Waals surface area contributed by atoms with Crippen LogP contribution in [0.15, 0.2) is 48.5 Å². The van der Waals surface area contributed by atoms with Crippen molar-refractivity contribution < 1.29 is 18.0 Å². The van der Waals surface area contributed by atoms with Crippen molar-refractivity contribution in [3.63, 3.8) is 0 Å². The van der Waals surface area contributed by atoms with Crippen molar-refractivity contribution in [3.8, 4) is 0 Å². The highest BCUT2D eigenvalue weighted by Gasteiger charge is 2.33. The van der Waals surface area contributed by atoms with Crippen LogP contribution in [0, 0.1) is 19.8 Å². The van der Waals surface area contributed by atoms with Crippen LogP contribution in [0.25, 0.3) is 0 Å². The number of benzene rings is 2. The van der Waals surface area contributed by atoms with Crippen molar-refractivity contribution in [3.05, 3.63) is 70.8 Å². The summed E-state index contributed by atoms with van der Waals surface area (Å²) in [7, 11) is -3.53. The SMILES string of the molecule is CCCS(=O)(=O)N(CCC(C)C)CC(=O)N(Cc1ccccc1C)C1CCN(C(=O)c2ccc(C)cc2)CC1. The number of piperidine rings is 1. The first-order valence-electron chi connectivity index (χ1n) is 14.2. The zero-order valence-corrected chi connectivity index (χ0v) is 25.0. The smallest absolute Gasteiger partial charge is 0.253 e. The van der Waals surface area contributed by atoms with Crippen LogP contribution >= 0.6 is 0 Å². The van der Waals surface area contributed by atoms with Gasteiger partial charge in [0.2, 0.25) is 15.9 Å². The largest absolute Gasteiger partial charge is 0.338 e. The van der Waals surface area contributed by atoms with Gasteiger partial charge in [0.25, 0.3) is 5.91 Å². The van der Waals surface area contributed by atoms with Gasteiger partial charge < -0.3 is 9.80 Å². The number of sulfonamides is 1. The van der Waals surface area contributed by atoms with E-state index in [1.165, 1.54) is 4.31 Å². The topological polar surface area (TPSA) is 78.0 Å². The predicted molar refractivity (Wildman–Crippen MR) is 157 cm³/mol. The monoisotopic (exact) mass is 555 g/mol. The maximum absolute atomic E-state index is 13.9. The van der Waals surface area contributed by atoms with Crippen LogP contribution in [0.5, 0.6) is 0 Å². The molecule has 2 aromatic carbocycles. The number of carbonyl (C=O) groups excluding carboxylic acids is 2. The molecular weight excluding hydrogens is 510 g/mol. The fourth-order valence-corrected chi connectivity index (χ4v) is 6.46. The summed E-state index contributed by atoms with van der Waals surface area (Å²) in [6, 6.07) is 15.5. The number of likely N-dealkylation sites (tertiary alicyclic amines) is 1. The molecule has 3 rings (SSSR count). The van der Waals surface area contributed by atoms with Crippen LogP contribution in [0.2, 0.25) is 0 Å². The molecule has 7 nitrogen and oxygen atoms in total. The van der Waals surface area contributed by atoms with Crippen LogP contribution in [0.3, 0.4) is 0 Å². The third kappa shape index (κ3) is 8.64. The van der Waals surface area contributed by atoms with Crippen LogP contribution in [-0.2, 0) is 21.4 Å². The first-order chi connectivity index (χ1) is 18.5. The van der Waals surface area contributed by atoms with E-state index in [1.54, 1.807) is 0 Å². The van der Waals surface area contributed by atoms with E-state index in [0.29, 0.717) is 63.3 Å². The molecule has 0 unspecified atom stereocenters. The highest BCUT2D eigenvalue weighted by molar-refractivity contribution is 7.89. The van der Waals surface area contributed by atoms with Crippen LogP contribution < -0.4 is 0 Å². The van der Waals surface area contributed by atoms with Crippen molar-refractivity contribution in [1.82, 2.24) is 14.1 Å². The molecule has 0 aromatic heterocycles. The van der Waals surface area contributed by atoms with Crippen molar-refractivity contribution >= 4 is 21.8 Å². The molecule has 2 aromatic rings. The van der Waals surface area contributed by atoms with Crippen molar-refractivity contribution in [2.24, 2.45) is 5.92 Å². The van der Waals surface area contributed by atoms with Gasteiger partial charge >= 0.3 is 0 Å². The van der Waals surface area contributed by atoms with Gasteiger partial charge in [0.15, 0.2) is 0 Å². The maximum Gasteiger partial charge on any atom is 0.253 e. The molecule has 0 atom stereocenters. The Morgan fingerprint density at radius 2 is 1.64 bits per heavy atom. The predicted octanol–water partition coefficient (Wildman–Crippen LogP) is 5.02.